The van der Waals surface area contributed by atoms with Crippen LogP contribution in [0.2, 0.25) is 0 Å². The van der Waals surface area contributed by atoms with Gasteiger partial charge in [-0.25, -0.2) is 8.42 Å². The van der Waals surface area contributed by atoms with E-state index in [1.807, 2.05) is 37.8 Å². The van der Waals surface area contributed by atoms with E-state index in [0.717, 1.165) is 42.6 Å². The van der Waals surface area contributed by atoms with E-state index < -0.39 is 10.0 Å². The zero-order valence-corrected chi connectivity index (χ0v) is 17.6. The molecule has 1 amide bonds. The fourth-order valence-corrected chi connectivity index (χ4v) is 6.48. The van der Waals surface area contributed by atoms with Crippen molar-refractivity contribution in [2.75, 3.05) is 26.2 Å². The fourth-order valence-electron chi connectivity index (χ4n) is 4.60. The zero-order valence-electron chi connectivity index (χ0n) is 16.8. The van der Waals surface area contributed by atoms with Crippen molar-refractivity contribution in [1.29, 1.82) is 0 Å². The van der Waals surface area contributed by atoms with Gasteiger partial charge in [-0.2, -0.15) is 4.31 Å². The highest BCUT2D eigenvalue weighted by molar-refractivity contribution is 7.89. The van der Waals surface area contributed by atoms with Crippen LogP contribution in [0.5, 0.6) is 0 Å². The second-order valence-corrected chi connectivity index (χ2v) is 10.0. The van der Waals surface area contributed by atoms with Crippen LogP contribution in [0.1, 0.15) is 55.2 Å². The molecule has 0 aromatic heterocycles. The van der Waals surface area contributed by atoms with Gasteiger partial charge in [-0.3, -0.25) is 4.79 Å². The lowest BCUT2D eigenvalue weighted by Gasteiger charge is -2.34. The van der Waals surface area contributed by atoms with E-state index in [1.54, 1.807) is 4.31 Å². The standard InChI is InChI=1S/C21H32N2O3S/c1-16-14-17(2)20(18(3)15-16)27(25,26)23-12-8-19(9-13-23)21(24)22-10-6-4-5-7-11-22/h14-15,19H,4-13H2,1-3H3. The van der Waals surface area contributed by atoms with Gasteiger partial charge >= 0.3 is 0 Å². The van der Waals surface area contributed by atoms with E-state index in [2.05, 4.69) is 0 Å². The van der Waals surface area contributed by atoms with Gasteiger partial charge in [-0.15, -0.1) is 0 Å². The summed E-state index contributed by atoms with van der Waals surface area (Å²) >= 11 is 0. The normalized spacial score (nSPS) is 20.5. The first kappa shape index (κ1) is 20.3. The number of rotatable bonds is 3. The molecule has 2 aliphatic rings. The molecule has 0 aliphatic carbocycles. The summed E-state index contributed by atoms with van der Waals surface area (Å²) in [5.41, 5.74) is 2.68. The Morgan fingerprint density at radius 3 is 1.93 bits per heavy atom. The van der Waals surface area contributed by atoms with Crippen molar-refractivity contribution in [3.8, 4) is 0 Å². The minimum absolute atomic E-state index is 0.0326. The molecule has 0 saturated carbocycles. The molecule has 0 unspecified atom stereocenters. The molecule has 27 heavy (non-hydrogen) atoms. The van der Waals surface area contributed by atoms with Gasteiger partial charge in [0.15, 0.2) is 0 Å². The second-order valence-electron chi connectivity index (χ2n) is 8.15. The number of piperidine rings is 1. The molecule has 150 valence electrons. The Kier molecular flexibility index (Phi) is 6.26. The molecule has 1 aromatic rings. The Morgan fingerprint density at radius 2 is 1.41 bits per heavy atom. The molecule has 5 nitrogen and oxygen atoms in total. The number of nitrogens with zero attached hydrogens (tertiary/aromatic N) is 2. The van der Waals surface area contributed by atoms with Crippen LogP contribution in [0.25, 0.3) is 0 Å². The Balaban J connectivity index is 1.69. The van der Waals surface area contributed by atoms with Crippen LogP contribution in [0, 0.1) is 26.7 Å². The number of benzene rings is 1. The maximum Gasteiger partial charge on any atom is 0.243 e. The van der Waals surface area contributed by atoms with E-state index in [0.29, 0.717) is 30.8 Å². The molecule has 2 saturated heterocycles. The van der Waals surface area contributed by atoms with Gasteiger partial charge in [0.1, 0.15) is 0 Å². The highest BCUT2D eigenvalue weighted by Crippen LogP contribution is 2.29. The SMILES string of the molecule is Cc1cc(C)c(S(=O)(=O)N2CCC(C(=O)N3CCCCCC3)CC2)c(C)c1. The maximum absolute atomic E-state index is 13.2. The molecule has 0 radical (unpaired) electrons. The lowest BCUT2D eigenvalue weighted by molar-refractivity contribution is -0.136. The number of hydrogen-bond acceptors (Lipinski definition) is 3. The summed E-state index contributed by atoms with van der Waals surface area (Å²) in [6, 6.07) is 3.85. The highest BCUT2D eigenvalue weighted by Gasteiger charge is 2.35. The number of carbonyl (C=O) groups is 1. The average molecular weight is 393 g/mol. The molecule has 3 rings (SSSR count). The molecule has 0 atom stereocenters. The van der Waals surface area contributed by atoms with Gasteiger partial charge in [0.2, 0.25) is 15.9 Å². The summed E-state index contributed by atoms with van der Waals surface area (Å²) in [7, 11) is -3.51. The molecule has 2 fully saturated rings. The van der Waals surface area contributed by atoms with Gasteiger partial charge in [0.05, 0.1) is 4.90 Å². The third-order valence-corrected chi connectivity index (χ3v) is 8.13. The molecular weight excluding hydrogens is 360 g/mol. The Morgan fingerprint density at radius 1 is 0.889 bits per heavy atom. The van der Waals surface area contributed by atoms with E-state index in [4.69, 9.17) is 0 Å². The zero-order chi connectivity index (χ0) is 19.6. The minimum atomic E-state index is -3.51. The molecule has 2 aliphatic heterocycles. The molecule has 2 heterocycles. The number of sulfonamides is 1. The van der Waals surface area contributed by atoms with Gasteiger partial charge in [0.25, 0.3) is 0 Å². The summed E-state index contributed by atoms with van der Waals surface area (Å²) in [5.74, 6) is 0.200. The average Bonchev–Trinajstić information content (AvgIpc) is 2.89. The number of carbonyl (C=O) groups excluding carboxylic acids is 1. The van der Waals surface area contributed by atoms with Gasteiger partial charge in [0, 0.05) is 32.1 Å². The van der Waals surface area contributed by atoms with E-state index in [-0.39, 0.29) is 11.8 Å². The van der Waals surface area contributed by atoms with Crippen LogP contribution in [0.15, 0.2) is 17.0 Å². The van der Waals surface area contributed by atoms with Crippen LogP contribution in [-0.4, -0.2) is 49.7 Å². The van der Waals surface area contributed by atoms with Crippen molar-refractivity contribution in [1.82, 2.24) is 9.21 Å². The summed E-state index contributed by atoms with van der Waals surface area (Å²) < 4.78 is 28.0. The van der Waals surface area contributed by atoms with Gasteiger partial charge < -0.3 is 4.90 Å². The highest BCUT2D eigenvalue weighted by atomic mass is 32.2. The smallest absolute Gasteiger partial charge is 0.243 e. The van der Waals surface area contributed by atoms with Crippen LogP contribution in [0.4, 0.5) is 0 Å². The van der Waals surface area contributed by atoms with E-state index in [9.17, 15) is 13.2 Å². The molecular formula is C21H32N2O3S. The van der Waals surface area contributed by atoms with Crippen molar-refractivity contribution in [3.05, 3.63) is 28.8 Å². The molecule has 6 heteroatoms. The lowest BCUT2D eigenvalue weighted by atomic mass is 9.96. The minimum Gasteiger partial charge on any atom is -0.342 e. The lowest BCUT2D eigenvalue weighted by Crippen LogP contribution is -2.44. The van der Waals surface area contributed by atoms with Crippen LogP contribution >= 0.6 is 0 Å². The van der Waals surface area contributed by atoms with Crippen molar-refractivity contribution in [3.63, 3.8) is 0 Å². The maximum atomic E-state index is 13.2. The van der Waals surface area contributed by atoms with Crippen LogP contribution in [-0.2, 0) is 14.8 Å². The number of aryl methyl sites for hydroxylation is 3. The molecule has 0 spiro atoms. The first-order valence-electron chi connectivity index (χ1n) is 10.2. The first-order chi connectivity index (χ1) is 12.8. The van der Waals surface area contributed by atoms with Crippen molar-refractivity contribution >= 4 is 15.9 Å². The predicted octanol–water partition coefficient (Wildman–Crippen LogP) is 3.42. The number of likely N-dealkylation sites (tertiary alicyclic amines) is 1. The van der Waals surface area contributed by atoms with Gasteiger partial charge in [-0.1, -0.05) is 30.5 Å². The predicted molar refractivity (Wildman–Crippen MR) is 107 cm³/mol. The summed E-state index contributed by atoms with van der Waals surface area (Å²) in [5, 5.41) is 0. The number of amides is 1. The monoisotopic (exact) mass is 392 g/mol. The topological polar surface area (TPSA) is 57.7 Å². The Labute approximate surface area is 163 Å². The summed E-state index contributed by atoms with van der Waals surface area (Å²) in [6.07, 6.45) is 5.83. The van der Waals surface area contributed by atoms with Crippen LogP contribution < -0.4 is 0 Å². The summed E-state index contributed by atoms with van der Waals surface area (Å²) in [6.45, 7) is 8.29. The first-order valence-corrected chi connectivity index (χ1v) is 11.6. The van der Waals surface area contributed by atoms with E-state index in [1.165, 1.54) is 12.8 Å². The Hall–Kier alpha value is -1.40. The fraction of sp³-hybridized carbons (Fsp3) is 0.667. The van der Waals surface area contributed by atoms with Crippen molar-refractivity contribution in [2.24, 2.45) is 5.92 Å². The largest absolute Gasteiger partial charge is 0.342 e. The molecule has 0 bridgehead atoms. The number of hydrogen-bond donors (Lipinski definition) is 0. The third kappa shape index (κ3) is 4.37. The van der Waals surface area contributed by atoms with Crippen molar-refractivity contribution in [2.45, 2.75) is 64.2 Å². The second kappa shape index (κ2) is 8.31. The third-order valence-electron chi connectivity index (χ3n) is 5.92. The van der Waals surface area contributed by atoms with Gasteiger partial charge in [-0.05, 0) is 57.6 Å². The van der Waals surface area contributed by atoms with Crippen LogP contribution in [0.3, 0.4) is 0 Å². The molecule has 0 N–H and O–H groups in total. The van der Waals surface area contributed by atoms with Crippen molar-refractivity contribution < 1.29 is 13.2 Å². The molecule has 1 aromatic carbocycles. The summed E-state index contributed by atoms with van der Waals surface area (Å²) in [4.78, 5) is 15.3. The Bertz CT molecular complexity index is 765. The van der Waals surface area contributed by atoms with E-state index >= 15 is 0 Å². The quantitative estimate of drug-likeness (QED) is 0.792.